The van der Waals surface area contributed by atoms with Gasteiger partial charge in [-0.2, -0.15) is 5.10 Å². The van der Waals surface area contributed by atoms with E-state index < -0.39 is 11.9 Å². The van der Waals surface area contributed by atoms with E-state index in [1.807, 2.05) is 6.92 Å². The molecule has 3 aromatic carbocycles. The third-order valence-corrected chi connectivity index (χ3v) is 5.67. The number of hydrazone groups is 1. The first-order chi connectivity index (χ1) is 18.4. The van der Waals surface area contributed by atoms with Crippen LogP contribution in [0.5, 0.6) is 23.0 Å². The predicted octanol–water partition coefficient (Wildman–Crippen LogP) is 5.46. The van der Waals surface area contributed by atoms with Crippen LogP contribution in [0, 0.1) is 0 Å². The van der Waals surface area contributed by atoms with Crippen molar-refractivity contribution in [3.05, 3.63) is 94.0 Å². The van der Waals surface area contributed by atoms with Gasteiger partial charge in [-0.3, -0.25) is 4.79 Å². The normalized spacial score (nSPS) is 10.6. The summed E-state index contributed by atoms with van der Waals surface area (Å²) >= 11 is 3.48. The number of amides is 1. The third-order valence-electron chi connectivity index (χ3n) is 5.08. The standard InChI is InChI=1S/C28H27BrN2O7/c1-4-12-37-23-11-10-21(15-24(23)36-5-2)27(32)31-30-16-19-13-22(29)26(25(14-19)35-3)38-17-18-6-8-20(9-7-18)28(33)34/h4,6-11,13-16H,1,5,12,17H2,2-3H3,(H,31,32)(H,33,34)/b30-16+. The van der Waals surface area contributed by atoms with Gasteiger partial charge >= 0.3 is 5.97 Å². The van der Waals surface area contributed by atoms with Gasteiger partial charge in [-0.25, -0.2) is 10.2 Å². The molecule has 0 atom stereocenters. The van der Waals surface area contributed by atoms with Crippen LogP contribution in [0.1, 0.15) is 38.8 Å². The molecule has 0 bridgehead atoms. The molecule has 0 spiro atoms. The van der Waals surface area contributed by atoms with Crippen LogP contribution in [-0.2, 0) is 6.61 Å². The van der Waals surface area contributed by atoms with E-state index >= 15 is 0 Å². The summed E-state index contributed by atoms with van der Waals surface area (Å²) in [6, 6.07) is 14.8. The average molecular weight is 583 g/mol. The van der Waals surface area contributed by atoms with E-state index in [0.717, 1.165) is 5.56 Å². The summed E-state index contributed by atoms with van der Waals surface area (Å²) < 4.78 is 23.1. The third kappa shape index (κ3) is 7.59. The molecule has 0 aromatic heterocycles. The maximum atomic E-state index is 12.6. The topological polar surface area (TPSA) is 116 Å². The molecule has 0 aliphatic rings. The smallest absolute Gasteiger partial charge is 0.335 e. The summed E-state index contributed by atoms with van der Waals surface area (Å²) in [7, 11) is 1.51. The molecule has 38 heavy (non-hydrogen) atoms. The highest BCUT2D eigenvalue weighted by Crippen LogP contribution is 2.37. The number of rotatable bonds is 13. The van der Waals surface area contributed by atoms with E-state index in [0.29, 0.717) is 51.8 Å². The van der Waals surface area contributed by atoms with Crippen molar-refractivity contribution >= 4 is 34.0 Å². The van der Waals surface area contributed by atoms with Gasteiger partial charge in [0.05, 0.1) is 30.0 Å². The number of carboxylic acid groups (broad SMARTS) is 1. The molecule has 0 radical (unpaired) electrons. The first kappa shape index (κ1) is 28.3. The second-order valence-corrected chi connectivity index (χ2v) is 8.57. The fraction of sp³-hybridized carbons (Fsp3) is 0.179. The summed E-state index contributed by atoms with van der Waals surface area (Å²) in [4.78, 5) is 23.6. The Bertz CT molecular complexity index is 1320. The largest absolute Gasteiger partial charge is 0.493 e. The Kier molecular flexibility index (Phi) is 10.3. The fourth-order valence-corrected chi connectivity index (χ4v) is 3.84. The molecule has 3 aromatic rings. The molecular weight excluding hydrogens is 556 g/mol. The van der Waals surface area contributed by atoms with Crippen molar-refractivity contribution in [2.75, 3.05) is 20.3 Å². The fourth-order valence-electron chi connectivity index (χ4n) is 3.27. The number of hydrogen-bond acceptors (Lipinski definition) is 7. The van der Waals surface area contributed by atoms with Crippen molar-refractivity contribution in [2.24, 2.45) is 5.10 Å². The maximum Gasteiger partial charge on any atom is 0.335 e. The number of carbonyl (C=O) groups excluding carboxylic acids is 1. The zero-order chi connectivity index (χ0) is 27.5. The van der Waals surface area contributed by atoms with Crippen LogP contribution < -0.4 is 24.4 Å². The van der Waals surface area contributed by atoms with Crippen molar-refractivity contribution in [1.82, 2.24) is 5.43 Å². The lowest BCUT2D eigenvalue weighted by molar-refractivity contribution is 0.0696. The highest BCUT2D eigenvalue weighted by molar-refractivity contribution is 9.10. The first-order valence-corrected chi connectivity index (χ1v) is 12.3. The molecule has 198 valence electrons. The lowest BCUT2D eigenvalue weighted by Gasteiger charge is -2.14. The van der Waals surface area contributed by atoms with E-state index in [1.165, 1.54) is 25.5 Å². The van der Waals surface area contributed by atoms with Crippen LogP contribution in [-0.4, -0.2) is 43.5 Å². The summed E-state index contributed by atoms with van der Waals surface area (Å²) in [6.07, 6.45) is 3.10. The minimum absolute atomic E-state index is 0.201. The van der Waals surface area contributed by atoms with Crippen LogP contribution in [0.3, 0.4) is 0 Å². The van der Waals surface area contributed by atoms with Gasteiger partial charge in [0.1, 0.15) is 13.2 Å². The van der Waals surface area contributed by atoms with Gasteiger partial charge in [-0.05, 0) is 76.4 Å². The average Bonchev–Trinajstić information content (AvgIpc) is 2.91. The number of carbonyl (C=O) groups is 2. The van der Waals surface area contributed by atoms with E-state index in [4.69, 9.17) is 24.1 Å². The quantitative estimate of drug-likeness (QED) is 0.156. The molecule has 9 nitrogen and oxygen atoms in total. The van der Waals surface area contributed by atoms with E-state index in [1.54, 1.807) is 48.5 Å². The molecule has 0 saturated heterocycles. The van der Waals surface area contributed by atoms with E-state index in [9.17, 15) is 9.59 Å². The van der Waals surface area contributed by atoms with E-state index in [-0.39, 0.29) is 12.2 Å². The van der Waals surface area contributed by atoms with Crippen molar-refractivity contribution in [1.29, 1.82) is 0 Å². The van der Waals surface area contributed by atoms with E-state index in [2.05, 4.69) is 33.0 Å². The number of benzene rings is 3. The Balaban J connectivity index is 1.67. The zero-order valence-corrected chi connectivity index (χ0v) is 22.5. The van der Waals surface area contributed by atoms with Crippen molar-refractivity contribution in [2.45, 2.75) is 13.5 Å². The summed E-state index contributed by atoms with van der Waals surface area (Å²) in [5.41, 5.74) is 4.50. The molecule has 3 rings (SSSR count). The molecule has 0 saturated carbocycles. The Morgan fingerprint density at radius 2 is 1.74 bits per heavy atom. The Morgan fingerprint density at radius 3 is 2.39 bits per heavy atom. The molecular formula is C28H27BrN2O7. The molecule has 0 unspecified atom stereocenters. The Hall–Kier alpha value is -4.31. The number of methoxy groups -OCH3 is 1. The number of nitrogens with zero attached hydrogens (tertiary/aromatic N) is 1. The van der Waals surface area contributed by atoms with Crippen LogP contribution >= 0.6 is 15.9 Å². The van der Waals surface area contributed by atoms with Crippen LogP contribution in [0.15, 0.2) is 76.8 Å². The van der Waals surface area contributed by atoms with Gasteiger partial charge in [-0.1, -0.05) is 24.8 Å². The van der Waals surface area contributed by atoms with Crippen molar-refractivity contribution in [3.63, 3.8) is 0 Å². The van der Waals surface area contributed by atoms with Crippen LogP contribution in [0.2, 0.25) is 0 Å². The number of aromatic carboxylic acids is 1. The molecule has 0 fully saturated rings. The second-order valence-electron chi connectivity index (χ2n) is 7.72. The number of nitrogens with one attached hydrogen (secondary N) is 1. The summed E-state index contributed by atoms with van der Waals surface area (Å²) in [6.45, 7) is 6.41. The predicted molar refractivity (Wildman–Crippen MR) is 147 cm³/mol. The summed E-state index contributed by atoms with van der Waals surface area (Å²) in [5.74, 6) is 0.482. The van der Waals surface area contributed by atoms with Gasteiger partial charge in [0, 0.05) is 5.56 Å². The minimum atomic E-state index is -0.989. The van der Waals surface area contributed by atoms with Gasteiger partial charge in [0.25, 0.3) is 5.91 Å². The van der Waals surface area contributed by atoms with Gasteiger partial charge in [0.15, 0.2) is 23.0 Å². The number of carboxylic acids is 1. The number of hydrogen-bond donors (Lipinski definition) is 2. The molecule has 10 heteroatoms. The van der Waals surface area contributed by atoms with Crippen molar-refractivity contribution in [3.8, 4) is 23.0 Å². The SMILES string of the molecule is C=CCOc1ccc(C(=O)N/N=C/c2cc(Br)c(OCc3ccc(C(=O)O)cc3)c(OC)c2)cc1OCC. The molecule has 1 amide bonds. The van der Waals surface area contributed by atoms with Crippen LogP contribution in [0.4, 0.5) is 0 Å². The first-order valence-electron chi connectivity index (χ1n) is 11.5. The van der Waals surface area contributed by atoms with Gasteiger partial charge in [-0.15, -0.1) is 0 Å². The Labute approximate surface area is 228 Å². The van der Waals surface area contributed by atoms with Crippen LogP contribution in [0.25, 0.3) is 0 Å². The molecule has 0 heterocycles. The lowest BCUT2D eigenvalue weighted by atomic mass is 10.1. The number of ether oxygens (including phenoxy) is 4. The number of halogens is 1. The lowest BCUT2D eigenvalue weighted by Crippen LogP contribution is -2.17. The molecule has 2 N–H and O–H groups in total. The molecule has 0 aliphatic carbocycles. The second kappa shape index (κ2) is 13.8. The van der Waals surface area contributed by atoms with Gasteiger partial charge < -0.3 is 24.1 Å². The zero-order valence-electron chi connectivity index (χ0n) is 20.9. The summed E-state index contributed by atoms with van der Waals surface area (Å²) in [5, 5.41) is 13.1. The maximum absolute atomic E-state index is 12.6. The monoisotopic (exact) mass is 582 g/mol. The molecule has 0 aliphatic heterocycles. The Morgan fingerprint density at radius 1 is 1.00 bits per heavy atom. The van der Waals surface area contributed by atoms with Gasteiger partial charge in [0.2, 0.25) is 0 Å². The van der Waals surface area contributed by atoms with Crippen molar-refractivity contribution < 1.29 is 33.6 Å². The highest BCUT2D eigenvalue weighted by Gasteiger charge is 2.13. The highest BCUT2D eigenvalue weighted by atomic mass is 79.9. The minimum Gasteiger partial charge on any atom is -0.493 e.